The van der Waals surface area contributed by atoms with Gasteiger partial charge < -0.3 is 9.47 Å². The molecule has 0 bridgehead atoms. The summed E-state index contributed by atoms with van der Waals surface area (Å²) in [4.78, 5) is 0.313. The summed E-state index contributed by atoms with van der Waals surface area (Å²) in [6.07, 6.45) is 0. The van der Waals surface area contributed by atoms with Crippen molar-refractivity contribution < 1.29 is 17.9 Å². The topological polar surface area (TPSA) is 55.8 Å². The molecular formula is C16H17NO4S. The van der Waals surface area contributed by atoms with Crippen molar-refractivity contribution in [2.24, 2.45) is 0 Å². The van der Waals surface area contributed by atoms with Gasteiger partial charge in [0, 0.05) is 13.1 Å². The molecule has 0 amide bonds. The van der Waals surface area contributed by atoms with Crippen LogP contribution in [0.3, 0.4) is 0 Å². The fraction of sp³-hybridized carbons (Fsp3) is 0.250. The zero-order chi connectivity index (χ0) is 15.9. The molecule has 1 aliphatic rings. The maximum absolute atomic E-state index is 12.9. The van der Waals surface area contributed by atoms with Gasteiger partial charge in [-0.25, -0.2) is 8.42 Å². The lowest BCUT2D eigenvalue weighted by atomic mass is 10.2. The summed E-state index contributed by atoms with van der Waals surface area (Å²) in [6.45, 7) is 3.82. The van der Waals surface area contributed by atoms with E-state index in [2.05, 4.69) is 0 Å². The standard InChI is InChI=1S/C16H17NO4S/c1-11-4-5-12(2)16(8-11)22(18,19)17(3)13-6-7-14-15(9-13)21-10-20-14/h4-9H,10H2,1-3H3. The highest BCUT2D eigenvalue weighted by Crippen LogP contribution is 2.36. The molecule has 1 aliphatic heterocycles. The first-order chi connectivity index (χ1) is 10.4. The molecule has 0 N–H and O–H groups in total. The summed E-state index contributed by atoms with van der Waals surface area (Å²) in [5.41, 5.74) is 2.16. The van der Waals surface area contributed by atoms with E-state index < -0.39 is 10.0 Å². The van der Waals surface area contributed by atoms with Crippen molar-refractivity contribution in [3.63, 3.8) is 0 Å². The van der Waals surface area contributed by atoms with Crippen LogP contribution in [0.15, 0.2) is 41.3 Å². The Bertz CT molecular complexity index is 830. The quantitative estimate of drug-likeness (QED) is 0.873. The number of nitrogens with zero attached hydrogens (tertiary/aromatic N) is 1. The van der Waals surface area contributed by atoms with Crippen molar-refractivity contribution in [1.82, 2.24) is 0 Å². The molecule has 6 heteroatoms. The van der Waals surface area contributed by atoms with Crippen LogP contribution >= 0.6 is 0 Å². The number of fused-ring (bicyclic) bond motifs is 1. The number of aryl methyl sites for hydroxylation is 2. The maximum atomic E-state index is 12.9. The number of hydrogen-bond acceptors (Lipinski definition) is 4. The highest BCUT2D eigenvalue weighted by molar-refractivity contribution is 7.92. The van der Waals surface area contributed by atoms with Crippen LogP contribution in [-0.4, -0.2) is 22.3 Å². The predicted octanol–water partition coefficient (Wildman–Crippen LogP) is 2.86. The summed E-state index contributed by atoms with van der Waals surface area (Å²) in [5.74, 6) is 1.18. The van der Waals surface area contributed by atoms with Crippen LogP contribution in [-0.2, 0) is 10.0 Å². The molecule has 0 aromatic heterocycles. The van der Waals surface area contributed by atoms with Gasteiger partial charge in [0.25, 0.3) is 10.0 Å². The summed E-state index contributed by atoms with van der Waals surface area (Å²) in [5, 5.41) is 0. The molecule has 3 rings (SSSR count). The Morgan fingerprint density at radius 3 is 2.50 bits per heavy atom. The summed E-state index contributed by atoms with van der Waals surface area (Å²) >= 11 is 0. The van der Waals surface area contributed by atoms with Crippen molar-refractivity contribution in [2.75, 3.05) is 18.1 Å². The van der Waals surface area contributed by atoms with Crippen LogP contribution in [0.4, 0.5) is 5.69 Å². The monoisotopic (exact) mass is 319 g/mol. The molecule has 2 aromatic carbocycles. The highest BCUT2D eigenvalue weighted by Gasteiger charge is 2.25. The van der Waals surface area contributed by atoms with E-state index in [4.69, 9.17) is 9.47 Å². The Morgan fingerprint density at radius 1 is 1.00 bits per heavy atom. The van der Waals surface area contributed by atoms with Crippen LogP contribution in [0.1, 0.15) is 11.1 Å². The van der Waals surface area contributed by atoms with Crippen molar-refractivity contribution in [3.05, 3.63) is 47.5 Å². The average molecular weight is 319 g/mol. The van der Waals surface area contributed by atoms with Crippen LogP contribution < -0.4 is 13.8 Å². The number of rotatable bonds is 3. The summed E-state index contributed by atoms with van der Waals surface area (Å²) in [6, 6.07) is 10.5. The third kappa shape index (κ3) is 2.39. The first-order valence-electron chi connectivity index (χ1n) is 6.85. The van der Waals surface area contributed by atoms with Gasteiger partial charge in [-0.15, -0.1) is 0 Å². The molecule has 0 fully saturated rings. The van der Waals surface area contributed by atoms with Crippen molar-refractivity contribution >= 4 is 15.7 Å². The van der Waals surface area contributed by atoms with Crippen LogP contribution in [0, 0.1) is 13.8 Å². The number of ether oxygens (including phenoxy) is 2. The minimum absolute atomic E-state index is 0.159. The molecular weight excluding hydrogens is 302 g/mol. The normalized spacial score (nSPS) is 13.2. The van der Waals surface area contributed by atoms with Gasteiger partial charge in [-0.2, -0.15) is 0 Å². The third-order valence-electron chi connectivity index (χ3n) is 3.70. The lowest BCUT2D eigenvalue weighted by Gasteiger charge is -2.21. The number of sulfonamides is 1. The smallest absolute Gasteiger partial charge is 0.264 e. The van der Waals surface area contributed by atoms with E-state index in [0.717, 1.165) is 11.1 Å². The number of hydrogen-bond donors (Lipinski definition) is 0. The molecule has 22 heavy (non-hydrogen) atoms. The van der Waals surface area contributed by atoms with E-state index in [9.17, 15) is 8.42 Å². The zero-order valence-electron chi connectivity index (χ0n) is 12.7. The molecule has 0 saturated carbocycles. The second-order valence-corrected chi connectivity index (χ2v) is 7.22. The van der Waals surface area contributed by atoms with E-state index in [1.807, 2.05) is 19.1 Å². The van der Waals surface area contributed by atoms with Gasteiger partial charge in [0.1, 0.15) is 0 Å². The largest absolute Gasteiger partial charge is 0.454 e. The fourth-order valence-electron chi connectivity index (χ4n) is 2.35. The molecule has 0 spiro atoms. The van der Waals surface area contributed by atoms with Crippen molar-refractivity contribution in [1.29, 1.82) is 0 Å². The lowest BCUT2D eigenvalue weighted by molar-refractivity contribution is 0.174. The van der Waals surface area contributed by atoms with Gasteiger partial charge in [-0.1, -0.05) is 12.1 Å². The zero-order valence-corrected chi connectivity index (χ0v) is 13.5. The first-order valence-corrected chi connectivity index (χ1v) is 8.29. The lowest BCUT2D eigenvalue weighted by Crippen LogP contribution is -2.27. The van der Waals surface area contributed by atoms with Crippen LogP contribution in [0.2, 0.25) is 0 Å². The van der Waals surface area contributed by atoms with Gasteiger partial charge in [0.05, 0.1) is 10.6 Å². The van der Waals surface area contributed by atoms with Gasteiger partial charge in [-0.3, -0.25) is 4.31 Å². The summed E-state index contributed by atoms with van der Waals surface area (Å²) in [7, 11) is -2.09. The van der Waals surface area contributed by atoms with E-state index in [1.54, 1.807) is 31.2 Å². The number of anilines is 1. The van der Waals surface area contributed by atoms with Gasteiger partial charge in [0.2, 0.25) is 6.79 Å². The van der Waals surface area contributed by atoms with Crippen molar-refractivity contribution in [2.45, 2.75) is 18.7 Å². The first kappa shape index (κ1) is 14.7. The molecule has 0 aliphatic carbocycles. The van der Waals surface area contributed by atoms with Gasteiger partial charge >= 0.3 is 0 Å². The van der Waals surface area contributed by atoms with Gasteiger partial charge in [0.15, 0.2) is 11.5 Å². The molecule has 5 nitrogen and oxygen atoms in total. The molecule has 0 radical (unpaired) electrons. The fourth-order valence-corrected chi connectivity index (χ4v) is 3.85. The number of benzene rings is 2. The minimum Gasteiger partial charge on any atom is -0.454 e. The Labute approximate surface area is 130 Å². The van der Waals surface area contributed by atoms with Crippen LogP contribution in [0.25, 0.3) is 0 Å². The molecule has 0 saturated heterocycles. The summed E-state index contributed by atoms with van der Waals surface area (Å²) < 4.78 is 37.5. The Kier molecular flexibility index (Phi) is 3.48. The van der Waals surface area contributed by atoms with E-state index in [0.29, 0.717) is 22.1 Å². The van der Waals surface area contributed by atoms with E-state index in [1.165, 1.54) is 11.4 Å². The third-order valence-corrected chi connectivity index (χ3v) is 5.63. The molecule has 116 valence electrons. The SMILES string of the molecule is Cc1ccc(C)c(S(=O)(=O)N(C)c2ccc3c(c2)OCO3)c1. The Hall–Kier alpha value is -2.21. The maximum Gasteiger partial charge on any atom is 0.264 e. The molecule has 1 heterocycles. The van der Waals surface area contributed by atoms with E-state index >= 15 is 0 Å². The van der Waals surface area contributed by atoms with Crippen LogP contribution in [0.5, 0.6) is 11.5 Å². The second kappa shape index (κ2) is 5.21. The second-order valence-electron chi connectivity index (χ2n) is 5.28. The van der Waals surface area contributed by atoms with E-state index in [-0.39, 0.29) is 6.79 Å². The highest BCUT2D eigenvalue weighted by atomic mass is 32.2. The molecule has 2 aromatic rings. The Balaban J connectivity index is 2.03. The Morgan fingerprint density at radius 2 is 1.73 bits per heavy atom. The minimum atomic E-state index is -3.63. The predicted molar refractivity (Wildman–Crippen MR) is 84.1 cm³/mol. The van der Waals surface area contributed by atoms with Gasteiger partial charge in [-0.05, 0) is 43.2 Å². The molecule has 0 unspecified atom stereocenters. The average Bonchev–Trinajstić information content (AvgIpc) is 2.96. The molecule has 0 atom stereocenters. The van der Waals surface area contributed by atoms with Crippen molar-refractivity contribution in [3.8, 4) is 11.5 Å².